The number of nitrogens with one attached hydrogen (secondary N) is 2. The highest BCUT2D eigenvalue weighted by molar-refractivity contribution is 6.29. The van der Waals surface area contributed by atoms with Gasteiger partial charge in [-0.15, -0.1) is 0 Å². The Bertz CT molecular complexity index is 819. The van der Waals surface area contributed by atoms with Gasteiger partial charge < -0.3 is 0 Å². The van der Waals surface area contributed by atoms with Crippen LogP contribution in [-0.4, -0.2) is 20.2 Å². The van der Waals surface area contributed by atoms with Crippen molar-refractivity contribution in [3.05, 3.63) is 76.6 Å². The molecule has 5 nitrogen and oxygen atoms in total. The summed E-state index contributed by atoms with van der Waals surface area (Å²) in [7, 11) is 0. The third kappa shape index (κ3) is 4.34. The molecular weight excluding hydrogens is 355 g/mol. The summed E-state index contributed by atoms with van der Waals surface area (Å²) in [5.41, 5.74) is 0.541. The minimum Gasteiger partial charge on any atom is -0.299 e. The molecule has 0 radical (unpaired) electrons. The largest absolute Gasteiger partial charge is 0.416 e. The molecule has 9 heteroatoms. The first-order chi connectivity index (χ1) is 11.9. The fourth-order valence-corrected chi connectivity index (χ4v) is 2.46. The first-order valence-corrected chi connectivity index (χ1v) is 7.67. The highest BCUT2D eigenvalue weighted by Gasteiger charge is 2.31. The second-order valence-electron chi connectivity index (χ2n) is 5.30. The van der Waals surface area contributed by atoms with Crippen molar-refractivity contribution in [3.63, 3.8) is 0 Å². The Balaban J connectivity index is 1.87. The van der Waals surface area contributed by atoms with Gasteiger partial charge in [-0.1, -0.05) is 29.8 Å². The number of rotatable bonds is 5. The lowest BCUT2D eigenvalue weighted by molar-refractivity contribution is -0.137. The van der Waals surface area contributed by atoms with E-state index in [0.717, 1.165) is 17.7 Å². The maximum Gasteiger partial charge on any atom is 0.416 e. The van der Waals surface area contributed by atoms with E-state index in [1.165, 1.54) is 12.4 Å². The van der Waals surface area contributed by atoms with Gasteiger partial charge >= 0.3 is 6.18 Å². The molecule has 130 valence electrons. The van der Waals surface area contributed by atoms with Gasteiger partial charge in [0.05, 0.1) is 11.6 Å². The Hall–Kier alpha value is -2.45. The summed E-state index contributed by atoms with van der Waals surface area (Å²) in [4.78, 5) is 8.04. The number of alkyl halides is 3. The standard InChI is InChI=1S/C16H13ClF3N5/c17-13-5-4-10(7-21-13)8-22-14(15-23-9-24-25-15)11-2-1-3-12(6-11)16(18,19)20/h1-7,9,14,22H,8H2,(H,23,24,25)/t14-/m1/s1. The molecule has 2 aromatic heterocycles. The van der Waals surface area contributed by atoms with Crippen LogP contribution >= 0.6 is 11.6 Å². The number of halogens is 4. The van der Waals surface area contributed by atoms with E-state index in [1.54, 1.807) is 24.4 Å². The van der Waals surface area contributed by atoms with E-state index in [-0.39, 0.29) is 0 Å². The Kier molecular flexibility index (Phi) is 5.00. The second-order valence-corrected chi connectivity index (χ2v) is 5.68. The molecule has 2 heterocycles. The van der Waals surface area contributed by atoms with Crippen molar-refractivity contribution < 1.29 is 13.2 Å². The minimum absolute atomic E-state index is 0.367. The second kappa shape index (κ2) is 7.20. The Labute approximate surface area is 146 Å². The molecule has 2 N–H and O–H groups in total. The van der Waals surface area contributed by atoms with Gasteiger partial charge in [-0.2, -0.15) is 18.3 Å². The zero-order valence-electron chi connectivity index (χ0n) is 12.8. The molecule has 0 bridgehead atoms. The van der Waals surface area contributed by atoms with Gasteiger partial charge in [0.2, 0.25) is 0 Å². The normalized spacial score (nSPS) is 13.0. The average molecular weight is 368 g/mol. The quantitative estimate of drug-likeness (QED) is 0.674. The Morgan fingerprint density at radius 2 is 2.00 bits per heavy atom. The van der Waals surface area contributed by atoms with E-state index in [2.05, 4.69) is 25.5 Å². The van der Waals surface area contributed by atoms with Gasteiger partial charge in [-0.25, -0.2) is 9.97 Å². The SMILES string of the molecule is FC(F)(F)c1cccc([C@@H](NCc2ccc(Cl)nc2)c2ncn[nH]2)c1. The zero-order valence-corrected chi connectivity index (χ0v) is 13.5. The van der Waals surface area contributed by atoms with Crippen molar-refractivity contribution in [3.8, 4) is 0 Å². The summed E-state index contributed by atoms with van der Waals surface area (Å²) in [5, 5.41) is 10.0. The highest BCUT2D eigenvalue weighted by atomic mass is 35.5. The number of pyridine rings is 1. The van der Waals surface area contributed by atoms with Gasteiger partial charge in [0.25, 0.3) is 0 Å². The maximum absolute atomic E-state index is 13.0. The number of aromatic amines is 1. The first-order valence-electron chi connectivity index (χ1n) is 7.30. The lowest BCUT2D eigenvalue weighted by atomic mass is 10.0. The topological polar surface area (TPSA) is 66.5 Å². The molecule has 25 heavy (non-hydrogen) atoms. The lowest BCUT2D eigenvalue weighted by Crippen LogP contribution is -2.23. The summed E-state index contributed by atoms with van der Waals surface area (Å²) in [6, 6.07) is 7.95. The molecule has 0 aliphatic rings. The molecule has 1 aromatic carbocycles. The summed E-state index contributed by atoms with van der Waals surface area (Å²) < 4.78 is 39.0. The van der Waals surface area contributed by atoms with Crippen LogP contribution in [0.3, 0.4) is 0 Å². The van der Waals surface area contributed by atoms with Crippen LogP contribution in [0.1, 0.15) is 28.6 Å². The van der Waals surface area contributed by atoms with Crippen LogP contribution in [0.4, 0.5) is 13.2 Å². The van der Waals surface area contributed by atoms with Crippen LogP contribution in [0, 0.1) is 0 Å². The van der Waals surface area contributed by atoms with Crippen LogP contribution < -0.4 is 5.32 Å². The van der Waals surface area contributed by atoms with Crippen LogP contribution in [0.2, 0.25) is 5.15 Å². The molecule has 0 aliphatic heterocycles. The average Bonchev–Trinajstić information content (AvgIpc) is 3.11. The van der Waals surface area contributed by atoms with Crippen LogP contribution in [0.25, 0.3) is 0 Å². The van der Waals surface area contributed by atoms with Crippen molar-refractivity contribution in [1.82, 2.24) is 25.5 Å². The van der Waals surface area contributed by atoms with E-state index in [1.807, 2.05) is 0 Å². The molecule has 0 saturated heterocycles. The van der Waals surface area contributed by atoms with Gasteiger partial charge in [0.1, 0.15) is 17.3 Å². The summed E-state index contributed by atoms with van der Waals surface area (Å²) >= 11 is 5.75. The third-order valence-corrected chi connectivity index (χ3v) is 3.78. The summed E-state index contributed by atoms with van der Waals surface area (Å²) in [6.07, 6.45) is -1.51. The van der Waals surface area contributed by atoms with Crippen molar-refractivity contribution in [2.24, 2.45) is 0 Å². The molecule has 0 unspecified atom stereocenters. The van der Waals surface area contributed by atoms with E-state index in [0.29, 0.717) is 23.1 Å². The monoisotopic (exact) mass is 367 g/mol. The zero-order chi connectivity index (χ0) is 17.9. The number of nitrogens with zero attached hydrogens (tertiary/aromatic N) is 3. The molecule has 0 fully saturated rings. The summed E-state index contributed by atoms with van der Waals surface area (Å²) in [5.74, 6) is 0.418. The smallest absolute Gasteiger partial charge is 0.299 e. The number of aromatic nitrogens is 4. The van der Waals surface area contributed by atoms with Crippen molar-refractivity contribution in [2.45, 2.75) is 18.8 Å². The highest BCUT2D eigenvalue weighted by Crippen LogP contribution is 2.31. The Morgan fingerprint density at radius 3 is 2.64 bits per heavy atom. The van der Waals surface area contributed by atoms with Gasteiger partial charge in [-0.3, -0.25) is 10.4 Å². The summed E-state index contributed by atoms with van der Waals surface area (Å²) in [6.45, 7) is 0.367. The Morgan fingerprint density at radius 1 is 1.16 bits per heavy atom. The van der Waals surface area contributed by atoms with Gasteiger partial charge in [0, 0.05) is 12.7 Å². The van der Waals surface area contributed by atoms with Gasteiger partial charge in [0.15, 0.2) is 0 Å². The molecule has 1 atom stereocenters. The fourth-order valence-electron chi connectivity index (χ4n) is 2.35. The molecule has 3 aromatic rings. The number of hydrogen-bond donors (Lipinski definition) is 2. The molecule has 3 rings (SSSR count). The van der Waals surface area contributed by atoms with Gasteiger partial charge in [-0.05, 0) is 29.3 Å². The lowest BCUT2D eigenvalue weighted by Gasteiger charge is -2.18. The van der Waals surface area contributed by atoms with E-state index >= 15 is 0 Å². The predicted molar refractivity (Wildman–Crippen MR) is 85.8 cm³/mol. The van der Waals surface area contributed by atoms with Crippen LogP contribution in [0.15, 0.2) is 48.9 Å². The fraction of sp³-hybridized carbons (Fsp3) is 0.188. The van der Waals surface area contributed by atoms with Crippen LogP contribution in [0.5, 0.6) is 0 Å². The molecule has 0 spiro atoms. The maximum atomic E-state index is 13.0. The third-order valence-electron chi connectivity index (χ3n) is 3.55. The van der Waals surface area contributed by atoms with E-state index < -0.39 is 17.8 Å². The predicted octanol–water partition coefficient (Wildman–Crippen LogP) is 3.75. The molecule has 0 amide bonds. The van der Waals surface area contributed by atoms with Crippen molar-refractivity contribution >= 4 is 11.6 Å². The number of H-pyrrole nitrogens is 1. The molecule has 0 aliphatic carbocycles. The van der Waals surface area contributed by atoms with Crippen LogP contribution in [-0.2, 0) is 12.7 Å². The number of benzene rings is 1. The number of hydrogen-bond acceptors (Lipinski definition) is 4. The van der Waals surface area contributed by atoms with E-state index in [4.69, 9.17) is 11.6 Å². The molecular formula is C16H13ClF3N5. The van der Waals surface area contributed by atoms with Crippen molar-refractivity contribution in [2.75, 3.05) is 0 Å². The van der Waals surface area contributed by atoms with Crippen molar-refractivity contribution in [1.29, 1.82) is 0 Å². The van der Waals surface area contributed by atoms with E-state index in [9.17, 15) is 13.2 Å². The minimum atomic E-state index is -4.41. The first kappa shape index (κ1) is 17.4. The molecule has 0 saturated carbocycles.